The predicted molar refractivity (Wildman–Crippen MR) is 83.2 cm³/mol. The lowest BCUT2D eigenvalue weighted by Gasteiger charge is -2.31. The van der Waals surface area contributed by atoms with Gasteiger partial charge in [-0.25, -0.2) is 0 Å². The van der Waals surface area contributed by atoms with Crippen LogP contribution in [-0.4, -0.2) is 37.9 Å². The fourth-order valence-corrected chi connectivity index (χ4v) is 2.95. The molecule has 2 aromatic rings. The summed E-state index contributed by atoms with van der Waals surface area (Å²) in [5.74, 6) is 2.66. The monoisotopic (exact) mass is 303 g/mol. The molecule has 0 radical (unpaired) electrons. The van der Waals surface area contributed by atoms with E-state index in [9.17, 15) is 0 Å². The zero-order valence-electron chi connectivity index (χ0n) is 13.5. The van der Waals surface area contributed by atoms with E-state index in [0.29, 0.717) is 5.92 Å². The lowest BCUT2D eigenvalue weighted by molar-refractivity contribution is 0.164. The van der Waals surface area contributed by atoms with Gasteiger partial charge in [0.25, 0.3) is 0 Å². The molecule has 0 saturated carbocycles. The number of aryl methyl sites for hydroxylation is 1. The molecule has 6 nitrogen and oxygen atoms in total. The first-order valence-corrected chi connectivity index (χ1v) is 8.23. The molecule has 0 aliphatic carbocycles. The highest BCUT2D eigenvalue weighted by atomic mass is 16.5. The van der Waals surface area contributed by atoms with Crippen LogP contribution in [0.2, 0.25) is 0 Å². The van der Waals surface area contributed by atoms with Crippen LogP contribution in [0.25, 0.3) is 0 Å². The van der Waals surface area contributed by atoms with Crippen molar-refractivity contribution in [2.45, 2.75) is 52.1 Å². The second kappa shape index (κ2) is 7.05. The highest BCUT2D eigenvalue weighted by Gasteiger charge is 2.21. The SMILES string of the molecule is CC(C)c1nc(CN2CCC(CCn3cccn3)CC2)no1. The molecule has 0 amide bonds. The largest absolute Gasteiger partial charge is 0.339 e. The Balaban J connectivity index is 1.41. The van der Waals surface area contributed by atoms with Gasteiger partial charge in [-0.3, -0.25) is 9.58 Å². The molecule has 0 bridgehead atoms. The molecule has 120 valence electrons. The van der Waals surface area contributed by atoms with Crippen LogP contribution in [0.3, 0.4) is 0 Å². The quantitative estimate of drug-likeness (QED) is 0.821. The molecule has 0 spiro atoms. The van der Waals surface area contributed by atoms with Crippen molar-refractivity contribution in [3.63, 3.8) is 0 Å². The van der Waals surface area contributed by atoms with Gasteiger partial charge in [0.2, 0.25) is 5.89 Å². The van der Waals surface area contributed by atoms with Crippen molar-refractivity contribution >= 4 is 0 Å². The van der Waals surface area contributed by atoms with Crippen LogP contribution in [0, 0.1) is 5.92 Å². The number of rotatable bonds is 6. The second-order valence-corrected chi connectivity index (χ2v) is 6.48. The van der Waals surface area contributed by atoms with Crippen molar-refractivity contribution in [3.8, 4) is 0 Å². The van der Waals surface area contributed by atoms with E-state index < -0.39 is 0 Å². The molecule has 0 atom stereocenters. The van der Waals surface area contributed by atoms with E-state index in [1.807, 2.05) is 23.1 Å². The van der Waals surface area contributed by atoms with Crippen molar-refractivity contribution in [1.29, 1.82) is 0 Å². The molecule has 3 rings (SSSR count). The Morgan fingerprint density at radius 1 is 1.32 bits per heavy atom. The minimum absolute atomic E-state index is 0.300. The molecule has 2 aromatic heterocycles. The van der Waals surface area contributed by atoms with Gasteiger partial charge in [-0.05, 0) is 44.3 Å². The third-order valence-corrected chi connectivity index (χ3v) is 4.38. The lowest BCUT2D eigenvalue weighted by Crippen LogP contribution is -2.33. The topological polar surface area (TPSA) is 60.0 Å². The fourth-order valence-electron chi connectivity index (χ4n) is 2.95. The number of piperidine rings is 1. The Hall–Kier alpha value is -1.69. The fraction of sp³-hybridized carbons (Fsp3) is 0.688. The van der Waals surface area contributed by atoms with E-state index >= 15 is 0 Å². The Bertz CT molecular complexity index is 555. The van der Waals surface area contributed by atoms with Crippen molar-refractivity contribution < 1.29 is 4.52 Å². The van der Waals surface area contributed by atoms with Crippen LogP contribution < -0.4 is 0 Å². The predicted octanol–water partition coefficient (Wildman–Crippen LogP) is 2.69. The van der Waals surface area contributed by atoms with Crippen molar-refractivity contribution in [3.05, 3.63) is 30.2 Å². The lowest BCUT2D eigenvalue weighted by atomic mass is 9.93. The molecule has 0 unspecified atom stereocenters. The molecule has 0 aromatic carbocycles. The molecular formula is C16H25N5O. The zero-order chi connectivity index (χ0) is 15.4. The summed E-state index contributed by atoms with van der Waals surface area (Å²) in [7, 11) is 0. The summed E-state index contributed by atoms with van der Waals surface area (Å²) in [6.45, 7) is 8.22. The summed E-state index contributed by atoms with van der Waals surface area (Å²) >= 11 is 0. The van der Waals surface area contributed by atoms with Gasteiger partial charge in [0.15, 0.2) is 5.82 Å². The van der Waals surface area contributed by atoms with Crippen LogP contribution in [0.5, 0.6) is 0 Å². The summed E-state index contributed by atoms with van der Waals surface area (Å²) in [5, 5.41) is 8.35. The first-order chi connectivity index (χ1) is 10.7. The maximum absolute atomic E-state index is 5.27. The van der Waals surface area contributed by atoms with Crippen LogP contribution in [-0.2, 0) is 13.1 Å². The molecule has 0 N–H and O–H groups in total. The van der Waals surface area contributed by atoms with Gasteiger partial charge in [-0.15, -0.1) is 0 Å². The normalized spacial score (nSPS) is 17.4. The van der Waals surface area contributed by atoms with E-state index in [2.05, 4.69) is 34.0 Å². The summed E-state index contributed by atoms with van der Waals surface area (Å²) in [6, 6.07) is 1.99. The summed E-state index contributed by atoms with van der Waals surface area (Å²) in [6.07, 6.45) is 7.60. The van der Waals surface area contributed by atoms with Gasteiger partial charge in [-0.2, -0.15) is 10.1 Å². The van der Waals surface area contributed by atoms with Gasteiger partial charge >= 0.3 is 0 Å². The number of hydrogen-bond donors (Lipinski definition) is 0. The molecular weight excluding hydrogens is 278 g/mol. The number of likely N-dealkylation sites (tertiary alicyclic amines) is 1. The molecule has 1 fully saturated rings. The molecule has 3 heterocycles. The van der Waals surface area contributed by atoms with Crippen LogP contribution >= 0.6 is 0 Å². The van der Waals surface area contributed by atoms with Crippen LogP contribution in [0.1, 0.15) is 50.7 Å². The third-order valence-electron chi connectivity index (χ3n) is 4.38. The number of aromatic nitrogens is 4. The zero-order valence-corrected chi connectivity index (χ0v) is 13.5. The van der Waals surface area contributed by atoms with Gasteiger partial charge in [0.1, 0.15) is 0 Å². The van der Waals surface area contributed by atoms with Crippen molar-refractivity contribution in [2.24, 2.45) is 5.92 Å². The maximum Gasteiger partial charge on any atom is 0.229 e. The average Bonchev–Trinajstić information content (AvgIpc) is 3.18. The van der Waals surface area contributed by atoms with Crippen molar-refractivity contribution in [1.82, 2.24) is 24.8 Å². The van der Waals surface area contributed by atoms with Gasteiger partial charge in [-0.1, -0.05) is 19.0 Å². The van der Waals surface area contributed by atoms with Crippen LogP contribution in [0.4, 0.5) is 0 Å². The second-order valence-electron chi connectivity index (χ2n) is 6.48. The highest BCUT2D eigenvalue weighted by molar-refractivity contribution is 4.91. The molecule has 6 heteroatoms. The maximum atomic E-state index is 5.27. The minimum atomic E-state index is 0.300. The first-order valence-electron chi connectivity index (χ1n) is 8.23. The van der Waals surface area contributed by atoms with Crippen molar-refractivity contribution in [2.75, 3.05) is 13.1 Å². The van der Waals surface area contributed by atoms with Gasteiger partial charge < -0.3 is 4.52 Å². The Kier molecular flexibility index (Phi) is 4.87. The van der Waals surface area contributed by atoms with E-state index in [1.165, 1.54) is 19.3 Å². The minimum Gasteiger partial charge on any atom is -0.339 e. The Morgan fingerprint density at radius 3 is 2.77 bits per heavy atom. The smallest absolute Gasteiger partial charge is 0.229 e. The van der Waals surface area contributed by atoms with E-state index in [0.717, 1.165) is 43.8 Å². The average molecular weight is 303 g/mol. The molecule has 1 aliphatic heterocycles. The molecule has 1 saturated heterocycles. The summed E-state index contributed by atoms with van der Waals surface area (Å²) in [5.41, 5.74) is 0. The number of nitrogens with zero attached hydrogens (tertiary/aromatic N) is 5. The summed E-state index contributed by atoms with van der Waals surface area (Å²) in [4.78, 5) is 6.89. The first kappa shape index (κ1) is 15.2. The van der Waals surface area contributed by atoms with E-state index in [-0.39, 0.29) is 0 Å². The third kappa shape index (κ3) is 3.94. The summed E-state index contributed by atoms with van der Waals surface area (Å²) < 4.78 is 7.30. The Labute approximate surface area is 131 Å². The van der Waals surface area contributed by atoms with E-state index in [4.69, 9.17) is 4.52 Å². The van der Waals surface area contributed by atoms with E-state index in [1.54, 1.807) is 0 Å². The van der Waals surface area contributed by atoms with Gasteiger partial charge in [0.05, 0.1) is 6.54 Å². The number of hydrogen-bond acceptors (Lipinski definition) is 5. The van der Waals surface area contributed by atoms with Gasteiger partial charge in [0, 0.05) is 24.9 Å². The standard InChI is InChI=1S/C16H25N5O/c1-13(2)16-18-15(19-22-16)12-20-9-4-14(5-10-20)6-11-21-8-3-7-17-21/h3,7-8,13-14H,4-6,9-12H2,1-2H3. The highest BCUT2D eigenvalue weighted by Crippen LogP contribution is 2.22. The molecule has 22 heavy (non-hydrogen) atoms. The van der Waals surface area contributed by atoms with Crippen LogP contribution in [0.15, 0.2) is 23.0 Å². The Morgan fingerprint density at radius 2 is 2.14 bits per heavy atom. The molecule has 1 aliphatic rings.